The van der Waals surface area contributed by atoms with Crippen LogP contribution in [-0.4, -0.2) is 36.6 Å². The van der Waals surface area contributed by atoms with Crippen molar-refractivity contribution >= 4 is 10.9 Å². The molecule has 0 saturated carbocycles. The normalized spacial score (nSPS) is 13.0. The number of aromatic nitrogens is 5. The van der Waals surface area contributed by atoms with Crippen LogP contribution in [0.3, 0.4) is 0 Å². The third-order valence-corrected chi connectivity index (χ3v) is 7.44. The van der Waals surface area contributed by atoms with Crippen molar-refractivity contribution in [2.24, 2.45) is 0 Å². The van der Waals surface area contributed by atoms with Gasteiger partial charge in [-0.3, -0.25) is 9.69 Å². The number of benzene rings is 2. The molecule has 0 aliphatic heterocycles. The number of nitrogens with zero attached hydrogens (tertiary/aromatic N) is 5. The van der Waals surface area contributed by atoms with Crippen molar-refractivity contribution in [1.29, 1.82) is 0 Å². The van der Waals surface area contributed by atoms with Gasteiger partial charge in [0, 0.05) is 24.2 Å². The molecule has 7 heteroatoms. The van der Waals surface area contributed by atoms with Crippen molar-refractivity contribution in [3.63, 3.8) is 0 Å². The van der Waals surface area contributed by atoms with E-state index in [-0.39, 0.29) is 17.1 Å². The maximum Gasteiger partial charge on any atom is 0.252 e. The number of hydrogen-bond donors (Lipinski definition) is 1. The highest BCUT2D eigenvalue weighted by Gasteiger charge is 2.31. The van der Waals surface area contributed by atoms with Gasteiger partial charge in [0.1, 0.15) is 0 Å². The summed E-state index contributed by atoms with van der Waals surface area (Å²) in [6, 6.07) is 16.6. The molecular formula is C29H38N6O. The molecular weight excluding hydrogens is 448 g/mol. The van der Waals surface area contributed by atoms with E-state index in [0.29, 0.717) is 6.54 Å². The van der Waals surface area contributed by atoms with Gasteiger partial charge in [0.2, 0.25) is 0 Å². The van der Waals surface area contributed by atoms with Crippen molar-refractivity contribution in [3.05, 3.63) is 87.0 Å². The fraction of sp³-hybridized carbons (Fsp3) is 0.448. The second-order valence-corrected chi connectivity index (χ2v) is 10.4. The summed E-state index contributed by atoms with van der Waals surface area (Å²) >= 11 is 0. The molecule has 2 aromatic carbocycles. The van der Waals surface area contributed by atoms with Gasteiger partial charge in [-0.05, 0) is 92.1 Å². The lowest BCUT2D eigenvalue weighted by atomic mass is 10.0. The molecule has 0 amide bonds. The lowest BCUT2D eigenvalue weighted by Gasteiger charge is -2.33. The van der Waals surface area contributed by atoms with Gasteiger partial charge in [-0.15, -0.1) is 5.10 Å². The molecule has 0 fully saturated rings. The van der Waals surface area contributed by atoms with Crippen LogP contribution >= 0.6 is 0 Å². The van der Waals surface area contributed by atoms with Crippen molar-refractivity contribution < 1.29 is 0 Å². The molecule has 190 valence electrons. The van der Waals surface area contributed by atoms with Crippen LogP contribution in [0, 0.1) is 13.8 Å². The van der Waals surface area contributed by atoms with Gasteiger partial charge in [0.25, 0.3) is 5.56 Å². The number of pyridine rings is 1. The molecule has 4 aromatic rings. The predicted octanol–water partition coefficient (Wildman–Crippen LogP) is 5.47. The average Bonchev–Trinajstić information content (AvgIpc) is 3.35. The minimum absolute atomic E-state index is 0.0255. The summed E-state index contributed by atoms with van der Waals surface area (Å²) in [5.74, 6) is 0.849. The van der Waals surface area contributed by atoms with E-state index < -0.39 is 0 Å². The first-order valence-corrected chi connectivity index (χ1v) is 12.9. The summed E-state index contributed by atoms with van der Waals surface area (Å²) in [7, 11) is 0. The zero-order chi connectivity index (χ0) is 25.9. The van der Waals surface area contributed by atoms with Gasteiger partial charge in [0.05, 0.1) is 11.6 Å². The largest absolute Gasteiger partial charge is 0.322 e. The molecule has 1 N–H and O–H groups in total. The Morgan fingerprint density at radius 2 is 1.83 bits per heavy atom. The highest BCUT2D eigenvalue weighted by atomic mass is 16.1. The third kappa shape index (κ3) is 5.41. The molecule has 0 aliphatic carbocycles. The molecule has 0 radical (unpaired) electrons. The van der Waals surface area contributed by atoms with Crippen molar-refractivity contribution in [3.8, 4) is 0 Å². The van der Waals surface area contributed by atoms with Crippen molar-refractivity contribution in [2.75, 3.05) is 6.54 Å². The Morgan fingerprint density at radius 3 is 2.56 bits per heavy atom. The SMILES string of the molecule is CC[C@H](c1nnnn1C(C)(C)CC)N(CCc1ccccc1C)Cc1cc2cc(C)ccc2[nH]c1=O. The van der Waals surface area contributed by atoms with Crippen molar-refractivity contribution in [2.45, 2.75) is 78.9 Å². The van der Waals surface area contributed by atoms with Crippen LogP contribution in [0.4, 0.5) is 0 Å². The van der Waals surface area contributed by atoms with E-state index in [2.05, 4.69) is 97.3 Å². The topological polar surface area (TPSA) is 79.7 Å². The minimum Gasteiger partial charge on any atom is -0.322 e. The average molecular weight is 487 g/mol. The molecule has 2 heterocycles. The molecule has 0 aliphatic rings. The first-order chi connectivity index (χ1) is 17.2. The van der Waals surface area contributed by atoms with E-state index in [4.69, 9.17) is 0 Å². The summed E-state index contributed by atoms with van der Waals surface area (Å²) in [5, 5.41) is 14.0. The van der Waals surface area contributed by atoms with Crippen LogP contribution in [0.5, 0.6) is 0 Å². The maximum atomic E-state index is 13.1. The zero-order valence-electron chi connectivity index (χ0n) is 22.4. The molecule has 7 nitrogen and oxygen atoms in total. The molecule has 0 bridgehead atoms. The van der Waals surface area contributed by atoms with E-state index in [0.717, 1.165) is 48.1 Å². The minimum atomic E-state index is -0.202. The fourth-order valence-electron chi connectivity index (χ4n) is 4.79. The quantitative estimate of drug-likeness (QED) is 0.321. The number of H-pyrrole nitrogens is 1. The molecule has 0 saturated heterocycles. The molecule has 4 rings (SSSR count). The fourth-order valence-corrected chi connectivity index (χ4v) is 4.79. The lowest BCUT2D eigenvalue weighted by Crippen LogP contribution is -2.37. The van der Waals surface area contributed by atoms with Gasteiger partial charge in [-0.2, -0.15) is 0 Å². The van der Waals surface area contributed by atoms with Crippen LogP contribution in [0.15, 0.2) is 53.3 Å². The van der Waals surface area contributed by atoms with Crippen molar-refractivity contribution in [1.82, 2.24) is 30.1 Å². The van der Waals surface area contributed by atoms with E-state index in [9.17, 15) is 4.79 Å². The number of hydrogen-bond acceptors (Lipinski definition) is 5. The summed E-state index contributed by atoms with van der Waals surface area (Å²) in [6.45, 7) is 14.2. The van der Waals surface area contributed by atoms with E-state index in [1.807, 2.05) is 22.9 Å². The predicted molar refractivity (Wildman–Crippen MR) is 145 cm³/mol. The van der Waals surface area contributed by atoms with Crippen LogP contribution in [0.2, 0.25) is 0 Å². The summed E-state index contributed by atoms with van der Waals surface area (Å²) in [6.07, 6.45) is 2.62. The highest BCUT2D eigenvalue weighted by molar-refractivity contribution is 5.79. The van der Waals surface area contributed by atoms with Gasteiger partial charge in [-0.25, -0.2) is 4.68 Å². The number of tetrazole rings is 1. The van der Waals surface area contributed by atoms with Crippen LogP contribution < -0.4 is 5.56 Å². The summed E-state index contributed by atoms with van der Waals surface area (Å²) < 4.78 is 1.97. The zero-order valence-corrected chi connectivity index (χ0v) is 22.4. The Labute approximate surface area is 213 Å². The Balaban J connectivity index is 1.74. The summed E-state index contributed by atoms with van der Waals surface area (Å²) in [4.78, 5) is 18.6. The van der Waals surface area contributed by atoms with Gasteiger partial charge < -0.3 is 4.98 Å². The molecule has 0 unspecified atom stereocenters. The Hall–Kier alpha value is -3.32. The third-order valence-electron chi connectivity index (χ3n) is 7.44. The Kier molecular flexibility index (Phi) is 7.69. The smallest absolute Gasteiger partial charge is 0.252 e. The number of nitrogens with one attached hydrogen (secondary N) is 1. The summed E-state index contributed by atoms with van der Waals surface area (Å²) in [5.41, 5.74) is 5.13. The number of fused-ring (bicyclic) bond motifs is 1. The van der Waals surface area contributed by atoms with E-state index in [1.165, 1.54) is 16.7 Å². The number of aromatic amines is 1. The molecule has 2 aromatic heterocycles. The highest BCUT2D eigenvalue weighted by Crippen LogP contribution is 2.29. The van der Waals surface area contributed by atoms with Crippen LogP contribution in [-0.2, 0) is 18.5 Å². The van der Waals surface area contributed by atoms with Gasteiger partial charge in [-0.1, -0.05) is 49.7 Å². The number of rotatable bonds is 10. The molecule has 36 heavy (non-hydrogen) atoms. The maximum absolute atomic E-state index is 13.1. The van der Waals surface area contributed by atoms with E-state index in [1.54, 1.807) is 0 Å². The van der Waals surface area contributed by atoms with Gasteiger partial charge >= 0.3 is 0 Å². The first kappa shape index (κ1) is 25.8. The van der Waals surface area contributed by atoms with Gasteiger partial charge in [0.15, 0.2) is 5.82 Å². The standard InChI is InChI=1S/C29H38N6O/c1-7-26(27-31-32-33-35(27)29(5,6)8-2)34(16-15-22-12-10-9-11-21(22)4)19-24-18-23-17-20(3)13-14-25(23)30-28(24)36/h9-14,17-18,26H,7-8,15-16,19H2,1-6H3,(H,30,36)/t26-/m1/s1. The second-order valence-electron chi connectivity index (χ2n) is 10.4. The first-order valence-electron chi connectivity index (χ1n) is 12.9. The van der Waals surface area contributed by atoms with Crippen LogP contribution in [0.25, 0.3) is 10.9 Å². The monoisotopic (exact) mass is 486 g/mol. The second kappa shape index (κ2) is 10.7. The Bertz CT molecular complexity index is 1390. The molecule has 0 spiro atoms. The lowest BCUT2D eigenvalue weighted by molar-refractivity contribution is 0.160. The van der Waals surface area contributed by atoms with Crippen LogP contribution in [0.1, 0.15) is 74.7 Å². The Morgan fingerprint density at radius 1 is 1.06 bits per heavy atom. The molecule has 1 atom stereocenters. The van der Waals surface area contributed by atoms with E-state index >= 15 is 0 Å². The number of aryl methyl sites for hydroxylation is 2.